The summed E-state index contributed by atoms with van der Waals surface area (Å²) in [6.45, 7) is -5.09. The van der Waals surface area contributed by atoms with Crippen LogP contribution in [0.25, 0.3) is 0 Å². The van der Waals surface area contributed by atoms with Crippen molar-refractivity contribution in [2.45, 2.75) is 123 Å². The van der Waals surface area contributed by atoms with Crippen molar-refractivity contribution in [1.29, 1.82) is 0 Å². The van der Waals surface area contributed by atoms with Crippen LogP contribution < -0.4 is 0 Å². The minimum atomic E-state index is -5.60. The van der Waals surface area contributed by atoms with Gasteiger partial charge in [0, 0.05) is 0 Å². The summed E-state index contributed by atoms with van der Waals surface area (Å²) in [5, 5.41) is 115. The Morgan fingerprint density at radius 1 is 0.404 bits per heavy atom. The van der Waals surface area contributed by atoms with Gasteiger partial charge in [0.2, 0.25) is 31.2 Å². The van der Waals surface area contributed by atoms with Gasteiger partial charge in [0.15, 0.2) is 25.2 Å². The number of aliphatic hydroxyl groups excluding tert-OH is 11. The molecule has 336 valence electrons. The first-order chi connectivity index (χ1) is 26.2. The Bertz CT molecular complexity index is 1630. The molecule has 4 fully saturated rings. The van der Waals surface area contributed by atoms with Crippen LogP contribution in [-0.2, 0) is 76.9 Å². The molecule has 4 saturated heterocycles. The molecule has 0 aromatic carbocycles. The van der Waals surface area contributed by atoms with Crippen LogP contribution in [0.2, 0.25) is 0 Å². The zero-order valence-electron chi connectivity index (χ0n) is 28.3. The molecule has 0 aliphatic carbocycles. The van der Waals surface area contributed by atoms with Crippen LogP contribution in [0.4, 0.5) is 0 Å². The predicted octanol–water partition coefficient (Wildman–Crippen LogP) is -11.3. The molecule has 11 N–H and O–H groups in total. The van der Waals surface area contributed by atoms with Crippen LogP contribution in [0.1, 0.15) is 0 Å². The topological polar surface area (TPSA) is 486 Å². The van der Waals surface area contributed by atoms with Crippen LogP contribution >= 0.6 is 0 Å². The van der Waals surface area contributed by atoms with E-state index in [1.165, 1.54) is 0 Å². The number of hydrogen-bond donors (Lipinski definition) is 11. The summed E-state index contributed by atoms with van der Waals surface area (Å²) in [6.07, 6.45) is -43.5. The molecule has 0 saturated carbocycles. The summed E-state index contributed by atoms with van der Waals surface area (Å²) in [5.41, 5.74) is 0. The smallest absolute Gasteiger partial charge is 0.217 e. The standard InChI is InChI=1S/C24H42O30S3/c25-1-5-18(11(28)14(31)21(35)48-5)52-23-16(33)12(29)20(8(50-23)4-47-57(42,43)44)54-24-17(34)13(30)19(7(51-24)3-46-56(39,40)41)53-22-15(32)10(27)9(26)6(49-22)2-45-55(36,37)38/h5-35H,1-4H2,(H,36,37,38)(H,39,40,41)(H,42,43,44)/p-3/t5-,6-,7-,8-,9-,10+,11-,12-,13-,14-,15-,16-,17-,18-,19-,20-,21-,22+,23+,24+/m1/s1. The van der Waals surface area contributed by atoms with E-state index in [2.05, 4.69) is 12.5 Å². The number of rotatable bonds is 16. The van der Waals surface area contributed by atoms with Gasteiger partial charge in [-0.05, 0) is 0 Å². The van der Waals surface area contributed by atoms with E-state index in [1.54, 1.807) is 0 Å². The minimum Gasteiger partial charge on any atom is -0.726 e. The van der Waals surface area contributed by atoms with Crippen molar-refractivity contribution in [3.63, 3.8) is 0 Å². The van der Waals surface area contributed by atoms with Crippen molar-refractivity contribution in [1.82, 2.24) is 0 Å². The second kappa shape index (κ2) is 19.3. The molecule has 0 radical (unpaired) electrons. The second-order valence-electron chi connectivity index (χ2n) is 12.7. The molecule has 0 aromatic rings. The van der Waals surface area contributed by atoms with Crippen molar-refractivity contribution in [3.8, 4) is 0 Å². The van der Waals surface area contributed by atoms with Crippen LogP contribution in [0.3, 0.4) is 0 Å². The number of hydrogen-bond acceptors (Lipinski definition) is 30. The fourth-order valence-corrected chi connectivity index (χ4v) is 6.86. The molecule has 4 heterocycles. The Morgan fingerprint density at radius 3 is 1.09 bits per heavy atom. The van der Waals surface area contributed by atoms with Crippen molar-refractivity contribution < 1.29 is 141 Å². The lowest BCUT2D eigenvalue weighted by Gasteiger charge is -2.49. The molecule has 30 nitrogen and oxygen atoms in total. The van der Waals surface area contributed by atoms with Gasteiger partial charge in [-0.25, -0.2) is 25.3 Å². The lowest BCUT2D eigenvalue weighted by atomic mass is 9.95. The second-order valence-corrected chi connectivity index (χ2v) is 15.8. The van der Waals surface area contributed by atoms with E-state index in [0.29, 0.717) is 0 Å². The van der Waals surface area contributed by atoms with Gasteiger partial charge in [0.25, 0.3) is 0 Å². The number of aliphatic hydroxyl groups is 11. The Hall–Kier alpha value is -1.11. The summed E-state index contributed by atoms with van der Waals surface area (Å²) in [7, 11) is -16.6. The molecule has 0 spiro atoms. The zero-order valence-corrected chi connectivity index (χ0v) is 30.7. The van der Waals surface area contributed by atoms with E-state index < -0.39 is 180 Å². The third-order valence-corrected chi connectivity index (χ3v) is 10.1. The van der Waals surface area contributed by atoms with Gasteiger partial charge in [-0.3, -0.25) is 12.5 Å². The Kier molecular flexibility index (Phi) is 16.4. The fraction of sp³-hybridized carbons (Fsp3) is 1.00. The maximum atomic E-state index is 11.3. The summed E-state index contributed by atoms with van der Waals surface area (Å²) in [5.74, 6) is 0. The predicted molar refractivity (Wildman–Crippen MR) is 160 cm³/mol. The molecule has 4 aliphatic rings. The highest BCUT2D eigenvalue weighted by molar-refractivity contribution is 7.81. The largest absolute Gasteiger partial charge is 0.726 e. The normalized spacial score (nSPS) is 45.2. The molecule has 20 atom stereocenters. The van der Waals surface area contributed by atoms with Crippen LogP contribution in [-0.4, -0.2) is 244 Å². The van der Waals surface area contributed by atoms with E-state index in [4.69, 9.17) is 33.2 Å². The fourth-order valence-electron chi connectivity index (χ4n) is 5.96. The van der Waals surface area contributed by atoms with Crippen molar-refractivity contribution in [2.75, 3.05) is 26.4 Å². The highest BCUT2D eigenvalue weighted by atomic mass is 32.3. The lowest BCUT2D eigenvalue weighted by Crippen LogP contribution is -2.67. The van der Waals surface area contributed by atoms with E-state index in [9.17, 15) is 95.1 Å². The minimum absolute atomic E-state index is 0.985. The van der Waals surface area contributed by atoms with Crippen molar-refractivity contribution in [3.05, 3.63) is 0 Å². The first-order valence-corrected chi connectivity index (χ1v) is 20.0. The summed E-state index contributed by atoms with van der Waals surface area (Å²) < 4.78 is 150. The van der Waals surface area contributed by atoms with E-state index >= 15 is 0 Å². The van der Waals surface area contributed by atoms with E-state index in [-0.39, 0.29) is 0 Å². The quantitative estimate of drug-likeness (QED) is 0.0506. The Labute approximate surface area is 320 Å². The van der Waals surface area contributed by atoms with Crippen LogP contribution in [0.5, 0.6) is 0 Å². The average molecular weight is 904 g/mol. The Balaban J connectivity index is 1.58. The monoisotopic (exact) mass is 903 g/mol. The SMILES string of the molecule is O=S(=O)([O-])OC[C@H]1O[C@@H](O[C@H]2[C@H](O)[C@@H](O)[C@H](O[C@H]3[C@H](O)[C@@H](O)[C@H](O[C@H]4[C@H](O)[C@@H](O)[C@H](O)O[C@@H]4CO)O[C@@H]3COS(=O)(=O)[O-])O[C@@H]2COS(=O)(=O)[O-])[C@H](O)[C@@H](O)[C@@H]1O. The molecular weight excluding hydrogens is 864 g/mol. The van der Waals surface area contributed by atoms with E-state index in [0.717, 1.165) is 0 Å². The molecular formula is C24H39O30S3-3. The third kappa shape index (κ3) is 12.5. The van der Waals surface area contributed by atoms with Crippen LogP contribution in [0.15, 0.2) is 0 Å². The summed E-state index contributed by atoms with van der Waals surface area (Å²) in [4.78, 5) is 0. The highest BCUT2D eigenvalue weighted by Crippen LogP contribution is 2.34. The van der Waals surface area contributed by atoms with Gasteiger partial charge in [0.1, 0.15) is 97.7 Å². The van der Waals surface area contributed by atoms with Crippen molar-refractivity contribution >= 4 is 31.2 Å². The molecule has 0 aromatic heterocycles. The molecule has 4 rings (SSSR count). The van der Waals surface area contributed by atoms with Gasteiger partial charge < -0.3 is 103 Å². The van der Waals surface area contributed by atoms with Gasteiger partial charge in [0.05, 0.1) is 26.4 Å². The molecule has 57 heavy (non-hydrogen) atoms. The van der Waals surface area contributed by atoms with Crippen molar-refractivity contribution in [2.24, 2.45) is 0 Å². The molecule has 4 aliphatic heterocycles. The molecule has 0 unspecified atom stereocenters. The third-order valence-electron chi connectivity index (χ3n) is 8.79. The van der Waals surface area contributed by atoms with Gasteiger partial charge >= 0.3 is 0 Å². The summed E-state index contributed by atoms with van der Waals surface area (Å²) in [6, 6.07) is 0. The summed E-state index contributed by atoms with van der Waals surface area (Å²) >= 11 is 0. The average Bonchev–Trinajstić information content (AvgIpc) is 3.11. The maximum Gasteiger partial charge on any atom is 0.217 e. The number of ether oxygens (including phenoxy) is 7. The molecule has 0 bridgehead atoms. The first-order valence-electron chi connectivity index (χ1n) is 16.0. The van der Waals surface area contributed by atoms with Gasteiger partial charge in [-0.1, -0.05) is 0 Å². The zero-order chi connectivity index (χ0) is 42.9. The van der Waals surface area contributed by atoms with E-state index in [1.807, 2.05) is 0 Å². The van der Waals surface area contributed by atoms with Gasteiger partial charge in [-0.2, -0.15) is 0 Å². The lowest BCUT2D eigenvalue weighted by molar-refractivity contribution is -0.387. The molecule has 0 amide bonds. The van der Waals surface area contributed by atoms with Gasteiger partial charge in [-0.15, -0.1) is 0 Å². The highest BCUT2D eigenvalue weighted by Gasteiger charge is 2.55. The van der Waals surface area contributed by atoms with Crippen LogP contribution in [0, 0.1) is 0 Å². The first kappa shape index (κ1) is 48.6. The molecule has 33 heteroatoms. The maximum absolute atomic E-state index is 11.3. The Morgan fingerprint density at radius 2 is 0.719 bits per heavy atom.